The third kappa shape index (κ3) is 7.19. The second-order valence-corrected chi connectivity index (χ2v) is 11.3. The van der Waals surface area contributed by atoms with Crippen LogP contribution in [-0.2, 0) is 28.5 Å². The fourth-order valence-electron chi connectivity index (χ4n) is 5.26. The molecule has 10 atom stereocenters. The lowest BCUT2D eigenvalue weighted by Gasteiger charge is -2.45. The SMILES string of the molecule is C[C@@H]1O[C@@H](O[C@H]2[C@H](Oc3c(-c4ccc(O)c(O)c4)oc4cc(O)cc(O)c4c3=O)O[C@H](COC(=O)CC(=O)O)[C@@H](O)[C@@H]2O)[C@H](O)[C@H](O)[C@H]1O. The molecule has 3 heterocycles. The van der Waals surface area contributed by atoms with E-state index in [1.807, 2.05) is 0 Å². The Bertz CT molecular complexity index is 1770. The Kier molecular flexibility index (Phi) is 10.2. The second kappa shape index (κ2) is 14.0. The first-order valence-corrected chi connectivity index (χ1v) is 14.5. The molecule has 0 unspecified atom stereocenters. The summed E-state index contributed by atoms with van der Waals surface area (Å²) in [5.74, 6) is -6.54. The molecule has 2 fully saturated rings. The van der Waals surface area contributed by atoms with Crippen molar-refractivity contribution in [2.24, 2.45) is 0 Å². The summed E-state index contributed by atoms with van der Waals surface area (Å²) in [6, 6.07) is 4.99. The van der Waals surface area contributed by atoms with Crippen molar-refractivity contribution in [2.75, 3.05) is 6.61 Å². The molecule has 0 radical (unpaired) electrons. The van der Waals surface area contributed by atoms with Gasteiger partial charge in [0.05, 0.1) is 6.10 Å². The van der Waals surface area contributed by atoms with Crippen LogP contribution in [0, 0.1) is 0 Å². The van der Waals surface area contributed by atoms with Crippen molar-refractivity contribution in [2.45, 2.75) is 74.8 Å². The number of aliphatic hydroxyl groups is 5. The number of aliphatic hydroxyl groups excluding tert-OH is 5. The highest BCUT2D eigenvalue weighted by Crippen LogP contribution is 2.40. The van der Waals surface area contributed by atoms with E-state index in [1.54, 1.807) is 0 Å². The lowest BCUT2D eigenvalue weighted by molar-refractivity contribution is -0.354. The van der Waals surface area contributed by atoms with E-state index < -0.39 is 132 Å². The monoisotopic (exact) mass is 696 g/mol. The number of aromatic hydroxyl groups is 4. The lowest BCUT2D eigenvalue weighted by Crippen LogP contribution is -2.64. The molecule has 10 N–H and O–H groups in total. The van der Waals surface area contributed by atoms with Gasteiger partial charge >= 0.3 is 11.9 Å². The topological polar surface area (TPSA) is 313 Å². The van der Waals surface area contributed by atoms with E-state index in [9.17, 15) is 60.3 Å². The van der Waals surface area contributed by atoms with Gasteiger partial charge in [0.25, 0.3) is 0 Å². The molecule has 0 spiro atoms. The molecule has 0 aliphatic carbocycles. The Balaban J connectivity index is 1.60. The summed E-state index contributed by atoms with van der Waals surface area (Å²) >= 11 is 0. The van der Waals surface area contributed by atoms with E-state index in [4.69, 9.17) is 33.2 Å². The number of hydrogen-bond donors (Lipinski definition) is 10. The minimum absolute atomic E-state index is 0.114. The number of rotatable bonds is 9. The third-order valence-electron chi connectivity index (χ3n) is 7.84. The summed E-state index contributed by atoms with van der Waals surface area (Å²) in [6.07, 6.45) is -19.0. The first kappa shape index (κ1) is 35.6. The quantitative estimate of drug-likeness (QED) is 0.0680. The van der Waals surface area contributed by atoms with Crippen molar-refractivity contribution < 1.29 is 88.8 Å². The predicted octanol–water partition coefficient (Wildman–Crippen LogP) is -1.66. The molecule has 0 saturated carbocycles. The Morgan fingerprint density at radius 3 is 2.20 bits per heavy atom. The molecular weight excluding hydrogens is 664 g/mol. The number of benzene rings is 2. The molecule has 0 bridgehead atoms. The number of carbonyl (C=O) groups is 2. The number of carboxylic acid groups (broad SMARTS) is 1. The Morgan fingerprint density at radius 1 is 0.816 bits per heavy atom. The zero-order chi connectivity index (χ0) is 35.9. The van der Waals surface area contributed by atoms with Gasteiger partial charge in [-0.2, -0.15) is 0 Å². The van der Waals surface area contributed by atoms with Crippen LogP contribution < -0.4 is 10.2 Å². The highest BCUT2D eigenvalue weighted by atomic mass is 16.8. The molecule has 2 aromatic carbocycles. The second-order valence-electron chi connectivity index (χ2n) is 11.3. The molecule has 2 aliphatic rings. The Hall–Kier alpha value is -4.73. The maximum absolute atomic E-state index is 13.9. The van der Waals surface area contributed by atoms with Crippen LogP contribution in [0.3, 0.4) is 0 Å². The molecule has 49 heavy (non-hydrogen) atoms. The van der Waals surface area contributed by atoms with E-state index in [0.717, 1.165) is 24.3 Å². The predicted molar refractivity (Wildman–Crippen MR) is 156 cm³/mol. The number of ether oxygens (including phenoxy) is 5. The van der Waals surface area contributed by atoms with Crippen LogP contribution in [0.4, 0.5) is 0 Å². The molecule has 3 aromatic rings. The van der Waals surface area contributed by atoms with E-state index in [2.05, 4.69) is 0 Å². The molecule has 1 aromatic heterocycles. The maximum atomic E-state index is 13.9. The van der Waals surface area contributed by atoms with Gasteiger partial charge in [0.15, 0.2) is 29.7 Å². The standard InChI is InChI=1S/C30H32O19/c1-9-20(38)23(41)25(43)29(45-9)49-28-24(42)21(39)16(8-44-18(37)7-17(35)36)47-30(28)48-27-22(40)19-14(34)5-11(31)6-15(19)46-26(27)10-2-3-12(32)13(33)4-10/h2-6,9,16,20-21,23-25,28-34,38-39,41-43H,7-8H2,1H3,(H,35,36)/t9-,16+,20-,21+,23+,24-,25+,28+,29-,30-/m0/s1. The van der Waals surface area contributed by atoms with E-state index >= 15 is 0 Å². The van der Waals surface area contributed by atoms with Gasteiger partial charge in [-0.1, -0.05) is 0 Å². The molecule has 19 nitrogen and oxygen atoms in total. The van der Waals surface area contributed by atoms with Crippen LogP contribution in [0.2, 0.25) is 0 Å². The van der Waals surface area contributed by atoms with Crippen LogP contribution in [0.1, 0.15) is 13.3 Å². The highest BCUT2D eigenvalue weighted by Gasteiger charge is 2.51. The van der Waals surface area contributed by atoms with Crippen molar-refractivity contribution in [1.29, 1.82) is 0 Å². The van der Waals surface area contributed by atoms with Gasteiger partial charge in [0.2, 0.25) is 17.5 Å². The normalized spacial score (nSPS) is 30.2. The first-order valence-electron chi connectivity index (χ1n) is 14.5. The fraction of sp³-hybridized carbons (Fsp3) is 0.433. The van der Waals surface area contributed by atoms with Crippen LogP contribution in [-0.4, -0.2) is 131 Å². The van der Waals surface area contributed by atoms with Crippen LogP contribution in [0.15, 0.2) is 39.5 Å². The first-order chi connectivity index (χ1) is 23.1. The van der Waals surface area contributed by atoms with Gasteiger partial charge in [-0.25, -0.2) is 0 Å². The number of aliphatic carboxylic acids is 1. The number of hydrogen-bond acceptors (Lipinski definition) is 18. The number of carbonyl (C=O) groups excluding carboxylic acids is 1. The van der Waals surface area contributed by atoms with Crippen LogP contribution in [0.25, 0.3) is 22.3 Å². The summed E-state index contributed by atoms with van der Waals surface area (Å²) in [6.45, 7) is 0.477. The van der Waals surface area contributed by atoms with E-state index in [0.29, 0.717) is 0 Å². The molecule has 2 saturated heterocycles. The van der Waals surface area contributed by atoms with Gasteiger partial charge in [0, 0.05) is 17.7 Å². The molecule has 2 aliphatic heterocycles. The van der Waals surface area contributed by atoms with Gasteiger partial charge < -0.3 is 79.2 Å². The van der Waals surface area contributed by atoms with Crippen LogP contribution in [0.5, 0.6) is 28.7 Å². The number of carboxylic acids is 1. The third-order valence-corrected chi connectivity index (χ3v) is 7.84. The summed E-state index contributed by atoms with van der Waals surface area (Å²) in [5, 5.41) is 102. The van der Waals surface area contributed by atoms with Crippen molar-refractivity contribution in [3.05, 3.63) is 40.6 Å². The number of phenolic OH excluding ortho intramolecular Hbond substituents is 4. The van der Waals surface area contributed by atoms with Gasteiger partial charge in [-0.3, -0.25) is 14.4 Å². The molecular formula is C30H32O19. The lowest BCUT2D eigenvalue weighted by atomic mass is 9.97. The van der Waals surface area contributed by atoms with E-state index in [-0.39, 0.29) is 11.1 Å². The molecule has 5 rings (SSSR count). The number of phenols is 4. The molecule has 19 heteroatoms. The minimum Gasteiger partial charge on any atom is -0.508 e. The van der Waals surface area contributed by atoms with E-state index in [1.165, 1.54) is 13.0 Å². The minimum atomic E-state index is -2.07. The summed E-state index contributed by atoms with van der Waals surface area (Å²) in [5.41, 5.74) is -1.60. The van der Waals surface area contributed by atoms with Crippen molar-refractivity contribution in [1.82, 2.24) is 0 Å². The highest BCUT2D eigenvalue weighted by molar-refractivity contribution is 5.90. The van der Waals surface area contributed by atoms with Crippen molar-refractivity contribution in [3.8, 4) is 40.1 Å². The Labute approximate surface area is 273 Å². The zero-order valence-electron chi connectivity index (χ0n) is 25.2. The smallest absolute Gasteiger partial charge is 0.317 e. The van der Waals surface area contributed by atoms with Gasteiger partial charge in [-0.05, 0) is 25.1 Å². The fourth-order valence-corrected chi connectivity index (χ4v) is 5.26. The Morgan fingerprint density at radius 2 is 1.53 bits per heavy atom. The molecule has 266 valence electrons. The number of esters is 1. The average Bonchev–Trinajstić information content (AvgIpc) is 3.03. The summed E-state index contributed by atoms with van der Waals surface area (Å²) < 4.78 is 33.4. The van der Waals surface area contributed by atoms with Crippen molar-refractivity contribution >= 4 is 22.9 Å². The van der Waals surface area contributed by atoms with Crippen molar-refractivity contribution in [3.63, 3.8) is 0 Å². The average molecular weight is 697 g/mol. The van der Waals surface area contributed by atoms with Crippen LogP contribution >= 0.6 is 0 Å². The van der Waals surface area contributed by atoms with Gasteiger partial charge in [0.1, 0.15) is 72.1 Å². The van der Waals surface area contributed by atoms with Gasteiger partial charge in [-0.15, -0.1) is 0 Å². The maximum Gasteiger partial charge on any atom is 0.317 e. The summed E-state index contributed by atoms with van der Waals surface area (Å²) in [7, 11) is 0. The largest absolute Gasteiger partial charge is 0.508 e. The zero-order valence-corrected chi connectivity index (χ0v) is 25.2. The number of fused-ring (bicyclic) bond motifs is 1. The summed E-state index contributed by atoms with van der Waals surface area (Å²) in [4.78, 5) is 36.7. The molecule has 0 amide bonds.